The third-order valence-electron chi connectivity index (χ3n) is 2.51. The monoisotopic (exact) mass is 250 g/mol. The van der Waals surface area contributed by atoms with Gasteiger partial charge in [-0.05, 0) is 5.56 Å². The fourth-order valence-electron chi connectivity index (χ4n) is 1.60. The van der Waals surface area contributed by atoms with Crippen molar-refractivity contribution in [1.82, 2.24) is 10.2 Å². The van der Waals surface area contributed by atoms with Crippen LogP contribution in [0.3, 0.4) is 0 Å². The molecule has 90 valence electrons. The van der Waals surface area contributed by atoms with Gasteiger partial charge in [0.25, 0.3) is 5.24 Å². The van der Waals surface area contributed by atoms with Crippen molar-refractivity contribution in [2.24, 2.45) is 0 Å². The maximum absolute atomic E-state index is 11.6. The first kappa shape index (κ1) is 12.0. The second kappa shape index (κ2) is 5.72. The lowest BCUT2D eigenvalue weighted by molar-refractivity contribution is -0.121. The Morgan fingerprint density at radius 3 is 2.76 bits per heavy atom. The van der Waals surface area contributed by atoms with E-state index in [2.05, 4.69) is 5.32 Å². The van der Waals surface area contributed by atoms with Gasteiger partial charge >= 0.3 is 0 Å². The fraction of sp³-hybridized carbons (Fsp3) is 0.333. The molecule has 0 unspecified atom stereocenters. The quantitative estimate of drug-likeness (QED) is 0.880. The van der Waals surface area contributed by atoms with Crippen molar-refractivity contribution in [2.75, 3.05) is 18.8 Å². The number of rotatable bonds is 4. The van der Waals surface area contributed by atoms with E-state index in [1.165, 1.54) is 11.8 Å². The van der Waals surface area contributed by atoms with Crippen molar-refractivity contribution in [1.29, 1.82) is 0 Å². The number of nitrogens with one attached hydrogen (secondary N) is 1. The molecule has 0 saturated carbocycles. The van der Waals surface area contributed by atoms with E-state index in [1.807, 2.05) is 30.3 Å². The Hall–Kier alpha value is -1.49. The summed E-state index contributed by atoms with van der Waals surface area (Å²) in [5.41, 5.74) is 1.06. The van der Waals surface area contributed by atoms with Crippen LogP contribution in [0, 0.1) is 0 Å². The van der Waals surface area contributed by atoms with Gasteiger partial charge in [0.2, 0.25) is 5.91 Å². The smallest absolute Gasteiger partial charge is 0.282 e. The first-order valence-corrected chi connectivity index (χ1v) is 6.46. The minimum atomic E-state index is -0.107. The van der Waals surface area contributed by atoms with E-state index in [0.29, 0.717) is 13.1 Å². The van der Waals surface area contributed by atoms with E-state index in [-0.39, 0.29) is 17.7 Å². The van der Waals surface area contributed by atoms with Crippen molar-refractivity contribution < 1.29 is 9.59 Å². The summed E-state index contributed by atoms with van der Waals surface area (Å²) in [5, 5.41) is 2.80. The van der Waals surface area contributed by atoms with Gasteiger partial charge in [0, 0.05) is 18.8 Å². The van der Waals surface area contributed by atoms with Crippen LogP contribution in [0.2, 0.25) is 0 Å². The van der Waals surface area contributed by atoms with Gasteiger partial charge in [-0.25, -0.2) is 0 Å². The van der Waals surface area contributed by atoms with E-state index in [4.69, 9.17) is 0 Å². The summed E-state index contributed by atoms with van der Waals surface area (Å²) < 4.78 is 0. The van der Waals surface area contributed by atoms with Crippen LogP contribution in [0.15, 0.2) is 30.3 Å². The van der Waals surface area contributed by atoms with Gasteiger partial charge in [-0.2, -0.15) is 0 Å². The molecule has 2 amide bonds. The lowest BCUT2D eigenvalue weighted by Gasteiger charge is -2.13. The molecule has 17 heavy (non-hydrogen) atoms. The molecule has 0 spiro atoms. The van der Waals surface area contributed by atoms with Crippen molar-refractivity contribution >= 4 is 22.9 Å². The molecule has 1 heterocycles. The predicted molar refractivity (Wildman–Crippen MR) is 67.7 cm³/mol. The van der Waals surface area contributed by atoms with Gasteiger partial charge in [-0.15, -0.1) is 0 Å². The zero-order valence-corrected chi connectivity index (χ0v) is 10.2. The molecule has 1 aromatic rings. The summed E-state index contributed by atoms with van der Waals surface area (Å²) in [6.07, 6.45) is 0. The summed E-state index contributed by atoms with van der Waals surface area (Å²) in [4.78, 5) is 24.5. The van der Waals surface area contributed by atoms with Crippen LogP contribution in [0.1, 0.15) is 5.56 Å². The Balaban J connectivity index is 1.76. The van der Waals surface area contributed by atoms with E-state index >= 15 is 0 Å². The highest BCUT2D eigenvalue weighted by molar-refractivity contribution is 8.13. The molecule has 0 atom stereocenters. The Bertz CT molecular complexity index is 408. The van der Waals surface area contributed by atoms with Crippen molar-refractivity contribution in [3.05, 3.63) is 35.9 Å². The molecule has 1 saturated heterocycles. The zero-order chi connectivity index (χ0) is 12.1. The van der Waals surface area contributed by atoms with Crippen LogP contribution in [0.25, 0.3) is 0 Å². The van der Waals surface area contributed by atoms with Crippen LogP contribution >= 0.6 is 11.8 Å². The van der Waals surface area contributed by atoms with Gasteiger partial charge < -0.3 is 10.2 Å². The normalized spacial score (nSPS) is 15.1. The number of nitrogens with zero attached hydrogens (tertiary/aromatic N) is 1. The number of hydrogen-bond donors (Lipinski definition) is 1. The topological polar surface area (TPSA) is 49.4 Å². The molecule has 1 N–H and O–H groups in total. The van der Waals surface area contributed by atoms with Crippen molar-refractivity contribution in [3.63, 3.8) is 0 Å². The number of benzene rings is 1. The first-order valence-electron chi connectivity index (χ1n) is 5.48. The lowest BCUT2D eigenvalue weighted by Crippen LogP contribution is -2.36. The molecule has 1 fully saturated rings. The van der Waals surface area contributed by atoms with Crippen LogP contribution in [0.4, 0.5) is 4.79 Å². The summed E-state index contributed by atoms with van der Waals surface area (Å²) in [6.45, 7) is 1.34. The molecule has 5 heteroatoms. The summed E-state index contributed by atoms with van der Waals surface area (Å²) in [5.74, 6) is 0.676. The van der Waals surface area contributed by atoms with Crippen LogP contribution < -0.4 is 5.32 Å². The number of thioether (sulfide) groups is 1. The molecule has 4 nitrogen and oxygen atoms in total. The molecule has 1 aliphatic rings. The lowest BCUT2D eigenvalue weighted by atomic mass is 10.2. The minimum Gasteiger partial charge on any atom is -0.350 e. The maximum atomic E-state index is 11.6. The Labute approximate surface area is 104 Å². The molecule has 0 aromatic heterocycles. The average Bonchev–Trinajstić information content (AvgIpc) is 2.74. The predicted octanol–water partition coefficient (Wildman–Crippen LogP) is 1.47. The molecular formula is C12H14N2O2S. The van der Waals surface area contributed by atoms with Gasteiger partial charge in [0.15, 0.2) is 0 Å². The van der Waals surface area contributed by atoms with E-state index in [9.17, 15) is 9.59 Å². The highest BCUT2D eigenvalue weighted by atomic mass is 32.2. The molecular weight excluding hydrogens is 236 g/mol. The number of carbonyl (C=O) groups is 2. The molecule has 1 aromatic carbocycles. The summed E-state index contributed by atoms with van der Waals surface area (Å²) in [7, 11) is 0. The summed E-state index contributed by atoms with van der Waals surface area (Å²) in [6, 6.07) is 9.71. The highest BCUT2D eigenvalue weighted by Gasteiger charge is 2.22. The highest BCUT2D eigenvalue weighted by Crippen LogP contribution is 2.16. The van der Waals surface area contributed by atoms with Crippen LogP contribution in [-0.4, -0.2) is 34.9 Å². The fourth-order valence-corrected chi connectivity index (χ4v) is 2.42. The van der Waals surface area contributed by atoms with Gasteiger partial charge in [0.1, 0.15) is 6.54 Å². The third kappa shape index (κ3) is 3.49. The first-order chi connectivity index (χ1) is 8.25. The van der Waals surface area contributed by atoms with Gasteiger partial charge in [-0.3, -0.25) is 9.59 Å². The minimum absolute atomic E-state index is 0.000129. The number of hydrogen-bond acceptors (Lipinski definition) is 3. The Morgan fingerprint density at radius 1 is 1.35 bits per heavy atom. The average molecular weight is 250 g/mol. The Kier molecular flexibility index (Phi) is 4.03. The molecule has 0 radical (unpaired) electrons. The molecule has 1 aliphatic heterocycles. The second-order valence-corrected chi connectivity index (χ2v) is 4.84. The molecule has 0 bridgehead atoms. The van der Waals surface area contributed by atoms with Gasteiger partial charge in [0.05, 0.1) is 0 Å². The van der Waals surface area contributed by atoms with Crippen LogP contribution in [0.5, 0.6) is 0 Å². The standard InChI is InChI=1S/C12H14N2O2S/c15-11(9-14-6-7-17-12(14)16)13-8-10-4-2-1-3-5-10/h1-5H,6-9H2,(H,13,15). The van der Waals surface area contributed by atoms with Crippen LogP contribution in [-0.2, 0) is 11.3 Å². The van der Waals surface area contributed by atoms with Crippen molar-refractivity contribution in [3.8, 4) is 0 Å². The largest absolute Gasteiger partial charge is 0.350 e. The Morgan fingerprint density at radius 2 is 2.12 bits per heavy atom. The number of amides is 2. The second-order valence-electron chi connectivity index (χ2n) is 3.80. The molecule has 0 aliphatic carbocycles. The molecule has 2 rings (SSSR count). The number of carbonyl (C=O) groups excluding carboxylic acids is 2. The SMILES string of the molecule is O=C(CN1CCSC1=O)NCc1ccccc1. The third-order valence-corrected chi connectivity index (χ3v) is 3.40. The zero-order valence-electron chi connectivity index (χ0n) is 9.39. The summed E-state index contributed by atoms with van der Waals surface area (Å²) >= 11 is 1.27. The van der Waals surface area contributed by atoms with Gasteiger partial charge in [-0.1, -0.05) is 42.1 Å². The van der Waals surface area contributed by atoms with E-state index in [0.717, 1.165) is 11.3 Å². The van der Waals surface area contributed by atoms with E-state index in [1.54, 1.807) is 4.90 Å². The maximum Gasteiger partial charge on any atom is 0.282 e. The van der Waals surface area contributed by atoms with E-state index < -0.39 is 0 Å². The van der Waals surface area contributed by atoms with Crippen molar-refractivity contribution in [2.45, 2.75) is 6.54 Å².